The zero-order valence-electron chi connectivity index (χ0n) is 24.7. The number of carbonyl (C=O) groups excluding carboxylic acids is 1. The predicted molar refractivity (Wildman–Crippen MR) is 163 cm³/mol. The second kappa shape index (κ2) is 17.5. The van der Waals surface area contributed by atoms with Crippen LogP contribution in [0.3, 0.4) is 0 Å². The number of carbonyl (C=O) groups is 1. The minimum Gasteiger partial charge on any atom is -0.422 e. The Balaban J connectivity index is 0.000000996. The molecule has 7 heteroatoms. The second-order valence-corrected chi connectivity index (χ2v) is 8.30. The van der Waals surface area contributed by atoms with E-state index in [0.717, 1.165) is 29.7 Å². The minimum absolute atomic E-state index is 0.0393. The average molecular weight is 533 g/mol. The normalized spacial score (nSPS) is 9.74. The lowest BCUT2D eigenvalue weighted by Crippen LogP contribution is -2.28. The van der Waals surface area contributed by atoms with Gasteiger partial charge in [0.15, 0.2) is 11.4 Å². The lowest BCUT2D eigenvalue weighted by molar-refractivity contribution is 0.101. The van der Waals surface area contributed by atoms with Crippen LogP contribution in [0.25, 0.3) is 22.2 Å². The molecule has 0 aliphatic rings. The highest BCUT2D eigenvalue weighted by Crippen LogP contribution is 2.31. The fourth-order valence-corrected chi connectivity index (χ4v) is 3.64. The van der Waals surface area contributed by atoms with Crippen molar-refractivity contribution in [2.75, 3.05) is 11.4 Å². The van der Waals surface area contributed by atoms with E-state index >= 15 is 0 Å². The van der Waals surface area contributed by atoms with Gasteiger partial charge in [-0.25, -0.2) is 9.78 Å². The number of aromatic nitrogens is 3. The molecule has 0 spiro atoms. The van der Waals surface area contributed by atoms with E-state index in [4.69, 9.17) is 0 Å². The molecule has 39 heavy (non-hydrogen) atoms. The molecule has 1 N–H and O–H groups in total. The maximum absolute atomic E-state index is 12.3. The molecule has 0 bridgehead atoms. The van der Waals surface area contributed by atoms with Crippen molar-refractivity contribution >= 4 is 28.3 Å². The van der Waals surface area contributed by atoms with Gasteiger partial charge in [0, 0.05) is 24.0 Å². The van der Waals surface area contributed by atoms with E-state index < -0.39 is 5.69 Å². The van der Waals surface area contributed by atoms with Gasteiger partial charge in [0.25, 0.3) is 0 Å². The molecule has 0 aliphatic heterocycles. The number of nitrogens with zero attached hydrogens (tertiary/aromatic N) is 4. The van der Waals surface area contributed by atoms with Gasteiger partial charge in [0.2, 0.25) is 0 Å². The monoisotopic (exact) mass is 532 g/mol. The Hall–Kier alpha value is -4.00. The van der Waals surface area contributed by atoms with Crippen molar-refractivity contribution in [3.05, 3.63) is 82.9 Å². The van der Waals surface area contributed by atoms with Crippen molar-refractivity contribution < 1.29 is 10.0 Å². The molecule has 0 fully saturated rings. The van der Waals surface area contributed by atoms with Crippen LogP contribution >= 0.6 is 0 Å². The number of rotatable bonds is 7. The maximum Gasteiger partial charge on any atom is 0.384 e. The van der Waals surface area contributed by atoms with Gasteiger partial charge < -0.3 is 10.1 Å². The lowest BCUT2D eigenvalue weighted by atomic mass is 10.0. The second-order valence-electron chi connectivity index (χ2n) is 8.30. The van der Waals surface area contributed by atoms with Crippen molar-refractivity contribution in [2.24, 2.45) is 0 Å². The third kappa shape index (κ3) is 8.77. The molecule has 2 heterocycles. The highest BCUT2D eigenvalue weighted by atomic mass is 16.5. The summed E-state index contributed by atoms with van der Waals surface area (Å²) in [7, 11) is 0. The van der Waals surface area contributed by atoms with Gasteiger partial charge >= 0.3 is 5.69 Å². The van der Waals surface area contributed by atoms with Crippen LogP contribution in [-0.4, -0.2) is 32.2 Å². The van der Waals surface area contributed by atoms with Crippen LogP contribution in [0.4, 0.5) is 11.5 Å². The first-order valence-electron chi connectivity index (χ1n) is 14.0. The Bertz CT molecular complexity index is 1330. The third-order valence-corrected chi connectivity index (χ3v) is 5.41. The molecule has 7 nitrogen and oxygen atoms in total. The number of ketones is 1. The van der Waals surface area contributed by atoms with Gasteiger partial charge in [-0.15, -0.1) is 4.73 Å². The standard InChI is InChI=1S/C25H24N4O3.C3H8.2C2H6/c1-3-4-16-28(24-22-6-5-15-26-23(22)29(32)25(31)27-24)21-13-11-20(12-14-21)19-9-7-18(8-10-19)17(2)30;1-3-2;2*1-2/h5-15,32H,3-4,16H2,1-2H3;3H2,1-2H3;2*1-2H3. The molecule has 2 aromatic heterocycles. The number of Topliss-reactive ketones (excluding diaryl/α,β-unsaturated/α-hetero) is 1. The summed E-state index contributed by atoms with van der Waals surface area (Å²) in [5.74, 6) is 0.507. The highest BCUT2D eigenvalue weighted by molar-refractivity contribution is 5.94. The van der Waals surface area contributed by atoms with E-state index in [9.17, 15) is 14.8 Å². The Morgan fingerprint density at radius 1 is 0.897 bits per heavy atom. The quantitative estimate of drug-likeness (QED) is 0.190. The van der Waals surface area contributed by atoms with Crippen molar-refractivity contribution in [3.63, 3.8) is 0 Å². The Morgan fingerprint density at radius 3 is 1.95 bits per heavy atom. The van der Waals surface area contributed by atoms with Gasteiger partial charge in [-0.2, -0.15) is 4.98 Å². The molecule has 0 aliphatic carbocycles. The van der Waals surface area contributed by atoms with E-state index in [0.29, 0.717) is 28.0 Å². The maximum atomic E-state index is 12.3. The number of benzene rings is 2. The summed E-state index contributed by atoms with van der Waals surface area (Å²) < 4.78 is 0.477. The van der Waals surface area contributed by atoms with Crippen LogP contribution in [0.15, 0.2) is 71.7 Å². The zero-order valence-corrected chi connectivity index (χ0v) is 24.7. The highest BCUT2D eigenvalue weighted by Gasteiger charge is 2.18. The molecule has 4 aromatic rings. The van der Waals surface area contributed by atoms with Gasteiger partial charge in [-0.1, -0.05) is 97.7 Å². The number of unbranched alkanes of at least 4 members (excludes halogenated alkanes) is 1. The van der Waals surface area contributed by atoms with Crippen molar-refractivity contribution in [2.45, 2.75) is 74.7 Å². The van der Waals surface area contributed by atoms with E-state index in [1.54, 1.807) is 19.1 Å². The summed E-state index contributed by atoms with van der Waals surface area (Å²) >= 11 is 0. The van der Waals surface area contributed by atoms with Gasteiger partial charge in [-0.05, 0) is 48.7 Å². The van der Waals surface area contributed by atoms with Crippen molar-refractivity contribution in [1.29, 1.82) is 0 Å². The largest absolute Gasteiger partial charge is 0.422 e. The minimum atomic E-state index is -0.769. The van der Waals surface area contributed by atoms with Crippen LogP contribution in [0.2, 0.25) is 0 Å². The summed E-state index contributed by atoms with van der Waals surface area (Å²) in [6, 6.07) is 19.0. The number of hydrogen-bond acceptors (Lipinski definition) is 6. The summed E-state index contributed by atoms with van der Waals surface area (Å²) in [5, 5.41) is 10.7. The Morgan fingerprint density at radius 2 is 1.44 bits per heavy atom. The molecular weight excluding hydrogens is 488 g/mol. The topological polar surface area (TPSA) is 88.3 Å². The summed E-state index contributed by atoms with van der Waals surface area (Å²) in [6.07, 6.45) is 4.66. The molecule has 0 amide bonds. The Labute approximate surface area is 233 Å². The van der Waals surface area contributed by atoms with Crippen LogP contribution in [0, 0.1) is 0 Å². The van der Waals surface area contributed by atoms with E-state index in [1.807, 2.05) is 81.1 Å². The third-order valence-electron chi connectivity index (χ3n) is 5.41. The first-order chi connectivity index (χ1) is 18.9. The smallest absolute Gasteiger partial charge is 0.384 e. The molecule has 0 radical (unpaired) electrons. The van der Waals surface area contributed by atoms with Crippen LogP contribution < -0.4 is 10.6 Å². The fourth-order valence-electron chi connectivity index (χ4n) is 3.64. The number of hydrogen-bond donors (Lipinski definition) is 1. The molecule has 0 saturated carbocycles. The zero-order chi connectivity index (χ0) is 29.4. The molecule has 0 atom stereocenters. The number of fused-ring (bicyclic) bond motifs is 1. The molecule has 2 aromatic carbocycles. The van der Waals surface area contributed by atoms with E-state index in [2.05, 4.69) is 30.7 Å². The first kappa shape index (κ1) is 33.0. The van der Waals surface area contributed by atoms with Gasteiger partial charge in [-0.3, -0.25) is 4.79 Å². The van der Waals surface area contributed by atoms with Crippen LogP contribution in [0.1, 0.15) is 85.0 Å². The molecule has 0 unspecified atom stereocenters. The van der Waals surface area contributed by atoms with E-state index in [1.165, 1.54) is 12.6 Å². The van der Waals surface area contributed by atoms with Crippen LogP contribution in [-0.2, 0) is 0 Å². The molecule has 4 rings (SSSR count). The van der Waals surface area contributed by atoms with Gasteiger partial charge in [0.05, 0.1) is 5.39 Å². The number of anilines is 2. The number of pyridine rings is 1. The summed E-state index contributed by atoms with van der Waals surface area (Å²) in [5.41, 5.74) is 3.00. The van der Waals surface area contributed by atoms with Gasteiger partial charge in [0.1, 0.15) is 5.82 Å². The van der Waals surface area contributed by atoms with Crippen molar-refractivity contribution in [3.8, 4) is 11.1 Å². The SMILES string of the molecule is CC.CC.CCC.CCCCN(c1ccc(-c2ccc(C(C)=O)cc2)cc1)c1nc(=O)n(O)c2ncccc12. The molecular formula is C32H44N4O3. The molecule has 0 saturated heterocycles. The summed E-state index contributed by atoms with van der Waals surface area (Å²) in [4.78, 5) is 34.1. The van der Waals surface area contributed by atoms with Crippen LogP contribution in [0.5, 0.6) is 0 Å². The summed E-state index contributed by atoms with van der Waals surface area (Å²) in [6.45, 7) is 16.6. The van der Waals surface area contributed by atoms with E-state index in [-0.39, 0.29) is 11.4 Å². The lowest BCUT2D eigenvalue weighted by Gasteiger charge is -2.25. The molecule has 210 valence electrons. The predicted octanol–water partition coefficient (Wildman–Crippen LogP) is 8.31. The first-order valence-corrected chi connectivity index (χ1v) is 14.0. The Kier molecular flexibility index (Phi) is 14.8. The van der Waals surface area contributed by atoms with Crippen molar-refractivity contribution in [1.82, 2.24) is 14.7 Å². The fraction of sp³-hybridized carbons (Fsp3) is 0.375. The average Bonchev–Trinajstić information content (AvgIpc) is 2.98.